The molecule has 0 aliphatic carbocycles. The predicted molar refractivity (Wildman–Crippen MR) is 96.9 cm³/mol. The highest BCUT2D eigenvalue weighted by molar-refractivity contribution is 5.63. The molecule has 0 aromatic heterocycles. The Morgan fingerprint density at radius 1 is 1.00 bits per heavy atom. The first kappa shape index (κ1) is 15.7. The minimum Gasteiger partial charge on any atom is -0.504 e. The Hall–Kier alpha value is -3.20. The van der Waals surface area contributed by atoms with Crippen LogP contribution in [0, 0.1) is 0 Å². The zero-order valence-corrected chi connectivity index (χ0v) is 13.3. The molecule has 1 heterocycles. The number of rotatable bonds is 5. The van der Waals surface area contributed by atoms with Gasteiger partial charge in [0.05, 0.1) is 5.70 Å². The molecule has 2 aromatic carbocycles. The average molecular weight is 317 g/mol. The zero-order valence-electron chi connectivity index (χ0n) is 13.3. The SMILES string of the molecule is C=C1C=C(C(=C)NCc2ccc(-c3ccccc3)cc2)OC=C1O. The minimum absolute atomic E-state index is 0.0306. The van der Waals surface area contributed by atoms with Gasteiger partial charge in [0, 0.05) is 12.1 Å². The fraction of sp³-hybridized carbons (Fsp3) is 0.0476. The summed E-state index contributed by atoms with van der Waals surface area (Å²) < 4.78 is 5.31. The fourth-order valence-corrected chi connectivity index (χ4v) is 2.36. The molecule has 24 heavy (non-hydrogen) atoms. The fourth-order valence-electron chi connectivity index (χ4n) is 2.36. The van der Waals surface area contributed by atoms with Crippen LogP contribution >= 0.6 is 0 Å². The van der Waals surface area contributed by atoms with Crippen LogP contribution in [-0.4, -0.2) is 5.11 Å². The standard InChI is InChI=1S/C21H19NO2/c1-15-12-21(24-14-20(15)23)16(2)22-13-17-8-10-19(11-9-17)18-6-4-3-5-7-18/h3-12,14,22-23H,1-2,13H2. The van der Waals surface area contributed by atoms with Gasteiger partial charge in [0.1, 0.15) is 12.0 Å². The molecule has 0 fully saturated rings. The highest BCUT2D eigenvalue weighted by Gasteiger charge is 2.11. The summed E-state index contributed by atoms with van der Waals surface area (Å²) in [5.41, 5.74) is 4.68. The van der Waals surface area contributed by atoms with Gasteiger partial charge in [-0.1, -0.05) is 67.8 Å². The largest absolute Gasteiger partial charge is 0.504 e. The Kier molecular flexibility index (Phi) is 4.52. The lowest BCUT2D eigenvalue weighted by atomic mass is 10.0. The molecule has 0 spiro atoms. The summed E-state index contributed by atoms with van der Waals surface area (Å²) in [4.78, 5) is 0. The molecule has 1 aliphatic rings. The topological polar surface area (TPSA) is 41.5 Å². The van der Waals surface area contributed by atoms with Crippen LogP contribution in [-0.2, 0) is 11.3 Å². The van der Waals surface area contributed by atoms with Crippen LogP contribution in [0.15, 0.2) is 103 Å². The van der Waals surface area contributed by atoms with Crippen molar-refractivity contribution in [3.8, 4) is 11.1 Å². The van der Waals surface area contributed by atoms with Gasteiger partial charge in [0.2, 0.25) is 0 Å². The monoisotopic (exact) mass is 317 g/mol. The van der Waals surface area contributed by atoms with Gasteiger partial charge in [0.15, 0.2) is 5.76 Å². The van der Waals surface area contributed by atoms with E-state index >= 15 is 0 Å². The molecule has 0 radical (unpaired) electrons. The molecule has 0 atom stereocenters. The third-order valence-corrected chi connectivity index (χ3v) is 3.80. The second-order valence-corrected chi connectivity index (χ2v) is 5.55. The molecule has 2 aromatic rings. The molecule has 2 N–H and O–H groups in total. The van der Waals surface area contributed by atoms with Crippen molar-refractivity contribution in [3.63, 3.8) is 0 Å². The Balaban J connectivity index is 1.60. The summed E-state index contributed by atoms with van der Waals surface area (Å²) >= 11 is 0. The number of hydrogen-bond donors (Lipinski definition) is 2. The normalized spacial score (nSPS) is 13.6. The maximum Gasteiger partial charge on any atom is 0.157 e. The van der Waals surface area contributed by atoms with Gasteiger partial charge in [-0.25, -0.2) is 0 Å². The maximum atomic E-state index is 9.45. The van der Waals surface area contributed by atoms with Crippen molar-refractivity contribution in [1.29, 1.82) is 0 Å². The van der Waals surface area contributed by atoms with Crippen molar-refractivity contribution < 1.29 is 9.84 Å². The summed E-state index contributed by atoms with van der Waals surface area (Å²) in [5.74, 6) is 0.585. The van der Waals surface area contributed by atoms with Crippen LogP contribution in [0.25, 0.3) is 11.1 Å². The van der Waals surface area contributed by atoms with Crippen LogP contribution in [0.1, 0.15) is 5.56 Å². The van der Waals surface area contributed by atoms with Crippen LogP contribution in [0.5, 0.6) is 0 Å². The first-order valence-corrected chi connectivity index (χ1v) is 7.68. The number of ether oxygens (including phenoxy) is 1. The number of allylic oxidation sites excluding steroid dienone is 1. The molecular weight excluding hydrogens is 298 g/mol. The van der Waals surface area contributed by atoms with E-state index in [1.54, 1.807) is 6.08 Å². The Bertz CT molecular complexity index is 815. The van der Waals surface area contributed by atoms with Crippen molar-refractivity contribution >= 4 is 0 Å². The van der Waals surface area contributed by atoms with E-state index in [4.69, 9.17) is 4.74 Å². The number of hydrogen-bond acceptors (Lipinski definition) is 3. The summed E-state index contributed by atoms with van der Waals surface area (Å²) in [7, 11) is 0. The molecule has 3 heteroatoms. The number of benzene rings is 2. The molecule has 3 nitrogen and oxygen atoms in total. The van der Waals surface area contributed by atoms with E-state index in [9.17, 15) is 5.11 Å². The van der Waals surface area contributed by atoms with E-state index in [1.807, 2.05) is 18.2 Å². The van der Waals surface area contributed by atoms with E-state index in [0.717, 1.165) is 5.56 Å². The average Bonchev–Trinajstić information content (AvgIpc) is 2.63. The minimum atomic E-state index is 0.0306. The lowest BCUT2D eigenvalue weighted by molar-refractivity contribution is 0.305. The molecule has 0 bridgehead atoms. The third kappa shape index (κ3) is 3.58. The van der Waals surface area contributed by atoms with Crippen LogP contribution in [0.2, 0.25) is 0 Å². The number of aliphatic hydroxyl groups is 1. The molecular formula is C21H19NO2. The predicted octanol–water partition coefficient (Wildman–Crippen LogP) is 4.83. The second kappa shape index (κ2) is 6.92. The molecule has 0 saturated carbocycles. The Morgan fingerprint density at radius 2 is 1.67 bits per heavy atom. The highest BCUT2D eigenvalue weighted by Crippen LogP contribution is 2.22. The van der Waals surface area contributed by atoms with Gasteiger partial charge in [0.25, 0.3) is 0 Å². The summed E-state index contributed by atoms with van der Waals surface area (Å²) in [6.07, 6.45) is 2.92. The summed E-state index contributed by atoms with van der Waals surface area (Å²) in [6.45, 7) is 8.34. The van der Waals surface area contributed by atoms with Crippen molar-refractivity contribution in [2.45, 2.75) is 6.54 Å². The quantitative estimate of drug-likeness (QED) is 0.830. The maximum absolute atomic E-state index is 9.45. The summed E-state index contributed by atoms with van der Waals surface area (Å²) in [5, 5.41) is 12.7. The van der Waals surface area contributed by atoms with Gasteiger partial charge < -0.3 is 15.2 Å². The lowest BCUT2D eigenvalue weighted by Gasteiger charge is -2.16. The van der Waals surface area contributed by atoms with Crippen LogP contribution < -0.4 is 5.32 Å². The van der Waals surface area contributed by atoms with E-state index < -0.39 is 0 Å². The molecule has 3 rings (SSSR count). The summed E-state index contributed by atoms with van der Waals surface area (Å²) in [6, 6.07) is 18.7. The van der Waals surface area contributed by atoms with Gasteiger partial charge in [-0.3, -0.25) is 0 Å². The van der Waals surface area contributed by atoms with E-state index in [2.05, 4.69) is 54.9 Å². The lowest BCUT2D eigenvalue weighted by Crippen LogP contribution is -2.15. The first-order chi connectivity index (χ1) is 11.6. The van der Waals surface area contributed by atoms with Gasteiger partial charge >= 0.3 is 0 Å². The van der Waals surface area contributed by atoms with Crippen LogP contribution in [0.4, 0.5) is 0 Å². The van der Waals surface area contributed by atoms with Crippen molar-refractivity contribution in [2.24, 2.45) is 0 Å². The molecule has 0 unspecified atom stereocenters. The van der Waals surface area contributed by atoms with E-state index in [1.165, 1.54) is 17.4 Å². The highest BCUT2D eigenvalue weighted by atomic mass is 16.5. The van der Waals surface area contributed by atoms with Crippen molar-refractivity contribution in [3.05, 3.63) is 108 Å². The molecule has 0 saturated heterocycles. The van der Waals surface area contributed by atoms with Gasteiger partial charge in [-0.15, -0.1) is 0 Å². The molecule has 0 amide bonds. The van der Waals surface area contributed by atoms with Gasteiger partial charge in [-0.05, 0) is 22.8 Å². The second-order valence-electron chi connectivity index (χ2n) is 5.55. The van der Waals surface area contributed by atoms with Crippen LogP contribution in [0.3, 0.4) is 0 Å². The van der Waals surface area contributed by atoms with E-state index in [0.29, 0.717) is 23.6 Å². The van der Waals surface area contributed by atoms with E-state index in [-0.39, 0.29) is 5.76 Å². The smallest absolute Gasteiger partial charge is 0.157 e. The van der Waals surface area contributed by atoms with Crippen molar-refractivity contribution in [2.75, 3.05) is 0 Å². The van der Waals surface area contributed by atoms with Crippen molar-refractivity contribution in [1.82, 2.24) is 5.32 Å². The Morgan fingerprint density at radius 3 is 2.33 bits per heavy atom. The zero-order chi connectivity index (χ0) is 16.9. The Labute approximate surface area is 141 Å². The molecule has 120 valence electrons. The third-order valence-electron chi connectivity index (χ3n) is 3.80. The number of nitrogens with one attached hydrogen (secondary N) is 1. The number of aliphatic hydroxyl groups excluding tert-OH is 1. The van der Waals surface area contributed by atoms with Gasteiger partial charge in [-0.2, -0.15) is 0 Å². The molecule has 1 aliphatic heterocycles. The first-order valence-electron chi connectivity index (χ1n) is 7.68.